The molecule has 0 aromatic heterocycles. The Kier molecular flexibility index (Phi) is 4.55. The zero-order valence-electron chi connectivity index (χ0n) is 8.48. The van der Waals surface area contributed by atoms with E-state index in [-0.39, 0.29) is 11.7 Å². The molecule has 0 amide bonds. The van der Waals surface area contributed by atoms with Gasteiger partial charge in [0.15, 0.2) is 0 Å². The van der Waals surface area contributed by atoms with Crippen LogP contribution in [0.5, 0.6) is 0 Å². The van der Waals surface area contributed by atoms with Crippen molar-refractivity contribution in [2.75, 3.05) is 13.6 Å². The van der Waals surface area contributed by atoms with Crippen LogP contribution < -0.4 is 5.32 Å². The molecule has 0 aliphatic heterocycles. The number of benzene rings is 1. The molecule has 0 radical (unpaired) electrons. The monoisotopic (exact) mass is 259 g/mol. The first-order valence-corrected chi connectivity index (χ1v) is 5.54. The lowest BCUT2D eigenvalue weighted by Crippen LogP contribution is -2.11. The van der Waals surface area contributed by atoms with Crippen LogP contribution >= 0.6 is 15.9 Å². The van der Waals surface area contributed by atoms with Gasteiger partial charge in [0.1, 0.15) is 5.82 Å². The summed E-state index contributed by atoms with van der Waals surface area (Å²) in [6.45, 7) is 2.95. The van der Waals surface area contributed by atoms with Crippen molar-refractivity contribution in [1.82, 2.24) is 5.32 Å². The highest BCUT2D eigenvalue weighted by Gasteiger charge is 2.12. The first kappa shape index (κ1) is 11.7. The molecule has 0 aliphatic rings. The molecule has 3 heteroatoms. The molecule has 0 saturated carbocycles. The fourth-order valence-electron chi connectivity index (χ4n) is 1.42. The Morgan fingerprint density at radius 2 is 2.21 bits per heavy atom. The number of hydrogen-bond donors (Lipinski definition) is 1. The van der Waals surface area contributed by atoms with Gasteiger partial charge in [-0.15, -0.1) is 0 Å². The van der Waals surface area contributed by atoms with Crippen molar-refractivity contribution in [2.45, 2.75) is 19.3 Å². The number of hydrogen-bond acceptors (Lipinski definition) is 1. The van der Waals surface area contributed by atoms with Crippen LogP contribution in [0.3, 0.4) is 0 Å². The summed E-state index contributed by atoms with van der Waals surface area (Å²) in [4.78, 5) is 0. The van der Waals surface area contributed by atoms with Crippen LogP contribution in [0, 0.1) is 5.82 Å². The van der Waals surface area contributed by atoms with Crippen molar-refractivity contribution < 1.29 is 4.39 Å². The molecule has 0 fully saturated rings. The Morgan fingerprint density at radius 3 is 2.86 bits per heavy atom. The third kappa shape index (κ3) is 2.79. The number of halogens is 2. The second-order valence-corrected chi connectivity index (χ2v) is 4.29. The summed E-state index contributed by atoms with van der Waals surface area (Å²) in [7, 11) is 1.91. The lowest BCUT2D eigenvalue weighted by Gasteiger charge is -2.13. The van der Waals surface area contributed by atoms with Gasteiger partial charge in [-0.2, -0.15) is 0 Å². The molecule has 1 aromatic rings. The van der Waals surface area contributed by atoms with Crippen LogP contribution in [-0.2, 0) is 0 Å². The lowest BCUT2D eigenvalue weighted by molar-refractivity contribution is 0.561. The summed E-state index contributed by atoms with van der Waals surface area (Å²) < 4.78 is 14.2. The van der Waals surface area contributed by atoms with Crippen molar-refractivity contribution >= 4 is 15.9 Å². The third-order valence-electron chi connectivity index (χ3n) is 2.34. The average Bonchev–Trinajstić information content (AvgIpc) is 2.18. The predicted octanol–water partition coefficient (Wildman–Crippen LogP) is 3.30. The molecule has 78 valence electrons. The van der Waals surface area contributed by atoms with E-state index in [2.05, 4.69) is 21.2 Å². The Hall–Kier alpha value is -0.410. The maximum atomic E-state index is 13.6. The Bertz CT molecular complexity index is 301. The van der Waals surface area contributed by atoms with E-state index in [1.165, 1.54) is 0 Å². The SMILES string of the molecule is CNCCC(C)c1cccc(Br)c1F. The van der Waals surface area contributed by atoms with E-state index < -0.39 is 0 Å². The highest BCUT2D eigenvalue weighted by Crippen LogP contribution is 2.26. The molecule has 1 rings (SSSR count). The molecular weight excluding hydrogens is 245 g/mol. The van der Waals surface area contributed by atoms with Gasteiger partial charge in [0.25, 0.3) is 0 Å². The highest BCUT2D eigenvalue weighted by atomic mass is 79.9. The van der Waals surface area contributed by atoms with Gasteiger partial charge in [0.05, 0.1) is 4.47 Å². The summed E-state index contributed by atoms with van der Waals surface area (Å²) in [6.07, 6.45) is 0.948. The minimum atomic E-state index is -0.129. The second-order valence-electron chi connectivity index (χ2n) is 3.44. The van der Waals surface area contributed by atoms with E-state index in [9.17, 15) is 4.39 Å². The van der Waals surface area contributed by atoms with Crippen molar-refractivity contribution in [1.29, 1.82) is 0 Å². The van der Waals surface area contributed by atoms with Crippen LogP contribution in [-0.4, -0.2) is 13.6 Å². The maximum absolute atomic E-state index is 13.6. The summed E-state index contributed by atoms with van der Waals surface area (Å²) in [5.41, 5.74) is 0.787. The fraction of sp³-hybridized carbons (Fsp3) is 0.455. The molecule has 0 spiro atoms. The van der Waals surface area contributed by atoms with E-state index in [0.29, 0.717) is 4.47 Å². The van der Waals surface area contributed by atoms with Gasteiger partial charge in [-0.25, -0.2) is 4.39 Å². The smallest absolute Gasteiger partial charge is 0.140 e. The van der Waals surface area contributed by atoms with Gasteiger partial charge in [-0.05, 0) is 53.5 Å². The van der Waals surface area contributed by atoms with E-state index in [1.807, 2.05) is 26.1 Å². The normalized spacial score (nSPS) is 12.9. The maximum Gasteiger partial charge on any atom is 0.140 e. The zero-order chi connectivity index (χ0) is 10.6. The average molecular weight is 260 g/mol. The van der Waals surface area contributed by atoms with Crippen molar-refractivity contribution in [3.05, 3.63) is 34.1 Å². The van der Waals surface area contributed by atoms with Crippen LogP contribution in [0.4, 0.5) is 4.39 Å². The van der Waals surface area contributed by atoms with Gasteiger partial charge in [-0.3, -0.25) is 0 Å². The van der Waals surface area contributed by atoms with Crippen LogP contribution in [0.15, 0.2) is 22.7 Å². The van der Waals surface area contributed by atoms with Gasteiger partial charge >= 0.3 is 0 Å². The Labute approximate surface area is 92.8 Å². The van der Waals surface area contributed by atoms with Crippen LogP contribution in [0.2, 0.25) is 0 Å². The standard InChI is InChI=1S/C11H15BrFN/c1-8(6-7-14-2)9-4-3-5-10(12)11(9)13/h3-5,8,14H,6-7H2,1-2H3. The molecule has 1 N–H and O–H groups in total. The molecule has 0 heterocycles. The molecular formula is C11H15BrFN. The van der Waals surface area contributed by atoms with Gasteiger partial charge < -0.3 is 5.32 Å². The first-order valence-electron chi connectivity index (χ1n) is 4.75. The molecule has 0 bridgehead atoms. The Morgan fingerprint density at radius 1 is 1.50 bits per heavy atom. The predicted molar refractivity (Wildman–Crippen MR) is 61.1 cm³/mol. The van der Waals surface area contributed by atoms with E-state index in [4.69, 9.17) is 0 Å². The van der Waals surface area contributed by atoms with Crippen molar-refractivity contribution in [3.63, 3.8) is 0 Å². The van der Waals surface area contributed by atoms with Gasteiger partial charge in [-0.1, -0.05) is 19.1 Å². The third-order valence-corrected chi connectivity index (χ3v) is 2.95. The lowest BCUT2D eigenvalue weighted by atomic mass is 9.97. The number of nitrogens with one attached hydrogen (secondary N) is 1. The second kappa shape index (κ2) is 5.47. The molecule has 0 saturated heterocycles. The molecule has 0 aliphatic carbocycles. The van der Waals surface area contributed by atoms with Gasteiger partial charge in [0.2, 0.25) is 0 Å². The highest BCUT2D eigenvalue weighted by molar-refractivity contribution is 9.10. The van der Waals surface area contributed by atoms with E-state index >= 15 is 0 Å². The quantitative estimate of drug-likeness (QED) is 0.875. The molecule has 14 heavy (non-hydrogen) atoms. The topological polar surface area (TPSA) is 12.0 Å². The van der Waals surface area contributed by atoms with Crippen LogP contribution in [0.1, 0.15) is 24.8 Å². The first-order chi connectivity index (χ1) is 6.66. The fourth-order valence-corrected chi connectivity index (χ4v) is 1.80. The van der Waals surface area contributed by atoms with E-state index in [0.717, 1.165) is 18.5 Å². The molecule has 1 aromatic carbocycles. The molecule has 1 unspecified atom stereocenters. The molecule has 1 atom stereocenters. The van der Waals surface area contributed by atoms with E-state index in [1.54, 1.807) is 6.07 Å². The summed E-state index contributed by atoms with van der Waals surface area (Å²) >= 11 is 3.19. The number of rotatable bonds is 4. The Balaban J connectivity index is 2.79. The van der Waals surface area contributed by atoms with Crippen LogP contribution in [0.25, 0.3) is 0 Å². The van der Waals surface area contributed by atoms with Crippen molar-refractivity contribution in [2.24, 2.45) is 0 Å². The van der Waals surface area contributed by atoms with Gasteiger partial charge in [0, 0.05) is 0 Å². The summed E-state index contributed by atoms with van der Waals surface area (Å²) in [5.74, 6) is 0.121. The minimum Gasteiger partial charge on any atom is -0.320 e. The minimum absolute atomic E-state index is 0.129. The summed E-state index contributed by atoms with van der Waals surface area (Å²) in [6, 6.07) is 5.45. The summed E-state index contributed by atoms with van der Waals surface area (Å²) in [5, 5.41) is 3.07. The zero-order valence-corrected chi connectivity index (χ0v) is 10.1. The largest absolute Gasteiger partial charge is 0.320 e. The van der Waals surface area contributed by atoms with Crippen molar-refractivity contribution in [3.8, 4) is 0 Å². The molecule has 1 nitrogen and oxygen atoms in total.